The van der Waals surface area contributed by atoms with Crippen LogP contribution in [0.3, 0.4) is 0 Å². The van der Waals surface area contributed by atoms with E-state index in [4.69, 9.17) is 4.74 Å². The molecule has 0 amide bonds. The van der Waals surface area contributed by atoms with Crippen molar-refractivity contribution >= 4 is 5.97 Å². The van der Waals surface area contributed by atoms with E-state index in [9.17, 15) is 4.79 Å². The Morgan fingerprint density at radius 1 is 1.62 bits per heavy atom. The van der Waals surface area contributed by atoms with Crippen molar-refractivity contribution in [3.63, 3.8) is 0 Å². The Morgan fingerprint density at radius 2 is 2.38 bits per heavy atom. The smallest absolute Gasteiger partial charge is 0.309 e. The number of rotatable bonds is 3. The van der Waals surface area contributed by atoms with Crippen LogP contribution in [-0.4, -0.2) is 22.1 Å². The molecule has 0 radical (unpaired) electrons. The van der Waals surface area contributed by atoms with E-state index < -0.39 is 0 Å². The van der Waals surface area contributed by atoms with Crippen LogP contribution in [0.1, 0.15) is 26.5 Å². The largest absolute Gasteiger partial charge is 0.465 e. The molecule has 0 saturated carbocycles. The number of nitrogens with zero attached hydrogens (tertiary/aromatic N) is 2. The van der Waals surface area contributed by atoms with Gasteiger partial charge >= 0.3 is 5.97 Å². The molecule has 16 heavy (non-hydrogen) atoms. The Labute approximate surface area is 96.6 Å². The van der Waals surface area contributed by atoms with Crippen molar-refractivity contribution in [1.82, 2.24) is 9.55 Å². The minimum absolute atomic E-state index is 0. The maximum absolute atomic E-state index is 11.4. The standard InChI is InChI=1S/C11H16N2O2.CH4/c1-3-10-8(6-15-11(10)14)4-9-5-12-7-13(9)2;/h5,7-8,10H,3-4,6H2,1-2H3;1H4/t8-,10-;/m0./s1. The zero-order chi connectivity index (χ0) is 10.8. The minimum Gasteiger partial charge on any atom is -0.465 e. The van der Waals surface area contributed by atoms with Crippen LogP contribution in [0.2, 0.25) is 0 Å². The van der Waals surface area contributed by atoms with E-state index in [0.29, 0.717) is 12.5 Å². The van der Waals surface area contributed by atoms with Crippen LogP contribution in [0.4, 0.5) is 0 Å². The van der Waals surface area contributed by atoms with Crippen molar-refractivity contribution < 1.29 is 9.53 Å². The average molecular weight is 224 g/mol. The molecular weight excluding hydrogens is 204 g/mol. The first kappa shape index (κ1) is 12.7. The Kier molecular flexibility index (Phi) is 4.10. The van der Waals surface area contributed by atoms with Gasteiger partial charge in [0.2, 0.25) is 0 Å². The van der Waals surface area contributed by atoms with Gasteiger partial charge in [0.25, 0.3) is 0 Å². The maximum atomic E-state index is 11.4. The molecule has 1 saturated heterocycles. The Balaban J connectivity index is 0.00000128. The second kappa shape index (κ2) is 5.14. The van der Waals surface area contributed by atoms with Gasteiger partial charge < -0.3 is 9.30 Å². The highest BCUT2D eigenvalue weighted by molar-refractivity contribution is 5.74. The summed E-state index contributed by atoms with van der Waals surface area (Å²) >= 11 is 0. The van der Waals surface area contributed by atoms with Crippen LogP contribution < -0.4 is 0 Å². The quantitative estimate of drug-likeness (QED) is 0.735. The van der Waals surface area contributed by atoms with Crippen molar-refractivity contribution in [2.45, 2.75) is 27.2 Å². The van der Waals surface area contributed by atoms with Gasteiger partial charge in [-0.3, -0.25) is 4.79 Å². The summed E-state index contributed by atoms with van der Waals surface area (Å²) in [7, 11) is 1.97. The average Bonchev–Trinajstić information content (AvgIpc) is 2.76. The molecule has 0 bridgehead atoms. The third-order valence-corrected chi connectivity index (χ3v) is 3.14. The predicted molar refractivity (Wildman–Crippen MR) is 61.9 cm³/mol. The van der Waals surface area contributed by atoms with Crippen molar-refractivity contribution in [2.75, 3.05) is 6.61 Å². The first-order valence-electron chi connectivity index (χ1n) is 5.34. The zero-order valence-electron chi connectivity index (χ0n) is 9.14. The summed E-state index contributed by atoms with van der Waals surface area (Å²) in [6, 6.07) is 0. The van der Waals surface area contributed by atoms with Crippen molar-refractivity contribution in [1.29, 1.82) is 0 Å². The van der Waals surface area contributed by atoms with Crippen LogP contribution in [0.15, 0.2) is 12.5 Å². The molecule has 1 aliphatic heterocycles. The molecule has 1 aromatic rings. The highest BCUT2D eigenvalue weighted by Crippen LogP contribution is 2.27. The van der Waals surface area contributed by atoms with Gasteiger partial charge in [0.15, 0.2) is 0 Å². The van der Waals surface area contributed by atoms with Crippen LogP contribution in [0, 0.1) is 11.8 Å². The van der Waals surface area contributed by atoms with Gasteiger partial charge in [-0.2, -0.15) is 0 Å². The van der Waals surface area contributed by atoms with Gasteiger partial charge in [-0.1, -0.05) is 14.4 Å². The van der Waals surface area contributed by atoms with Crippen molar-refractivity contribution in [3.8, 4) is 0 Å². The molecule has 0 aliphatic carbocycles. The lowest BCUT2D eigenvalue weighted by Crippen LogP contribution is -2.18. The van der Waals surface area contributed by atoms with Gasteiger partial charge in [-0.25, -0.2) is 4.98 Å². The normalized spacial score (nSPS) is 24.0. The van der Waals surface area contributed by atoms with Crippen molar-refractivity contribution in [3.05, 3.63) is 18.2 Å². The summed E-state index contributed by atoms with van der Waals surface area (Å²) in [5.41, 5.74) is 1.16. The second-order valence-corrected chi connectivity index (χ2v) is 4.10. The number of imidazole rings is 1. The van der Waals surface area contributed by atoms with E-state index in [1.54, 1.807) is 6.33 Å². The first-order chi connectivity index (χ1) is 7.22. The fraction of sp³-hybridized carbons (Fsp3) is 0.667. The Morgan fingerprint density at radius 3 is 2.94 bits per heavy atom. The summed E-state index contributed by atoms with van der Waals surface area (Å²) in [4.78, 5) is 15.5. The maximum Gasteiger partial charge on any atom is 0.309 e. The number of ether oxygens (including phenoxy) is 1. The van der Waals surface area contributed by atoms with E-state index in [2.05, 4.69) is 4.98 Å². The number of carbonyl (C=O) groups excluding carboxylic acids is 1. The van der Waals surface area contributed by atoms with Crippen LogP contribution in [-0.2, 0) is 23.0 Å². The van der Waals surface area contributed by atoms with Gasteiger partial charge in [-0.05, 0) is 12.8 Å². The number of aromatic nitrogens is 2. The summed E-state index contributed by atoms with van der Waals surface area (Å²) in [5, 5.41) is 0. The van der Waals surface area contributed by atoms with E-state index in [1.807, 2.05) is 24.7 Å². The van der Waals surface area contributed by atoms with Gasteiger partial charge in [0, 0.05) is 24.9 Å². The molecule has 4 nitrogen and oxygen atoms in total. The van der Waals surface area contributed by atoms with E-state index in [0.717, 1.165) is 18.5 Å². The molecular formula is C12H20N2O2. The molecule has 0 spiro atoms. The molecule has 2 rings (SSSR count). The predicted octanol–water partition coefficient (Wildman–Crippen LogP) is 1.80. The Hall–Kier alpha value is -1.32. The number of esters is 1. The first-order valence-corrected chi connectivity index (χ1v) is 5.34. The van der Waals surface area contributed by atoms with E-state index in [-0.39, 0.29) is 19.3 Å². The van der Waals surface area contributed by atoms with Crippen molar-refractivity contribution in [2.24, 2.45) is 18.9 Å². The molecule has 0 aromatic carbocycles. The highest BCUT2D eigenvalue weighted by atomic mass is 16.5. The molecule has 1 aliphatic rings. The summed E-state index contributed by atoms with van der Waals surface area (Å²) in [6.07, 6.45) is 5.38. The van der Waals surface area contributed by atoms with Crippen LogP contribution in [0.5, 0.6) is 0 Å². The lowest BCUT2D eigenvalue weighted by molar-refractivity contribution is -0.141. The number of aryl methyl sites for hydroxylation is 1. The molecule has 1 aromatic heterocycles. The second-order valence-electron chi connectivity index (χ2n) is 4.10. The fourth-order valence-electron chi connectivity index (χ4n) is 2.16. The summed E-state index contributed by atoms with van der Waals surface area (Å²) in [5.74, 6) is 0.350. The molecule has 4 heteroatoms. The molecule has 0 unspecified atom stereocenters. The van der Waals surface area contributed by atoms with Gasteiger partial charge in [-0.15, -0.1) is 0 Å². The monoisotopic (exact) mass is 224 g/mol. The van der Waals surface area contributed by atoms with E-state index >= 15 is 0 Å². The van der Waals surface area contributed by atoms with Gasteiger partial charge in [0.05, 0.1) is 18.9 Å². The molecule has 2 heterocycles. The number of carbonyl (C=O) groups is 1. The van der Waals surface area contributed by atoms with E-state index in [1.165, 1.54) is 0 Å². The summed E-state index contributed by atoms with van der Waals surface area (Å²) in [6.45, 7) is 2.59. The third kappa shape index (κ3) is 2.26. The topological polar surface area (TPSA) is 44.1 Å². The van der Waals surface area contributed by atoms with Gasteiger partial charge in [0.1, 0.15) is 0 Å². The zero-order valence-corrected chi connectivity index (χ0v) is 9.14. The lowest BCUT2D eigenvalue weighted by atomic mass is 9.89. The fourth-order valence-corrected chi connectivity index (χ4v) is 2.16. The number of cyclic esters (lactones) is 1. The summed E-state index contributed by atoms with van der Waals surface area (Å²) < 4.78 is 7.08. The number of hydrogen-bond donors (Lipinski definition) is 0. The third-order valence-electron chi connectivity index (χ3n) is 3.14. The molecule has 1 fully saturated rings. The minimum atomic E-state index is -0.0373. The SMILES string of the molecule is C.CC[C@@H]1C(=O)OC[C@@H]1Cc1cncn1C. The molecule has 90 valence electrons. The molecule has 2 atom stereocenters. The van der Waals surface area contributed by atoms with Crippen LogP contribution >= 0.6 is 0 Å². The van der Waals surface area contributed by atoms with Crippen LogP contribution in [0.25, 0.3) is 0 Å². The number of hydrogen-bond acceptors (Lipinski definition) is 3. The Bertz CT molecular complexity index is 360. The highest BCUT2D eigenvalue weighted by Gasteiger charge is 2.35. The molecule has 0 N–H and O–H groups in total. The lowest BCUT2D eigenvalue weighted by Gasteiger charge is -2.12.